The fourth-order valence-electron chi connectivity index (χ4n) is 2.36. The lowest BCUT2D eigenvalue weighted by Crippen LogP contribution is -2.20. The van der Waals surface area contributed by atoms with E-state index in [4.69, 9.17) is 5.73 Å². The van der Waals surface area contributed by atoms with Gasteiger partial charge in [0, 0.05) is 23.9 Å². The molecule has 0 aromatic carbocycles. The van der Waals surface area contributed by atoms with Gasteiger partial charge in [-0.15, -0.1) is 0 Å². The van der Waals surface area contributed by atoms with E-state index in [0.717, 1.165) is 11.9 Å². The minimum absolute atomic E-state index is 0.00513. The standard InChI is InChI=1S/C15H14FN5O/c1-8-6-12(21-15(17)19-8)14-13(22)3-2-11(20-14)9-4-5-18-7-10(9)16/h2-5,7,12,22H,6H2,1H3,(H2,17,21). The monoisotopic (exact) mass is 299 g/mol. The Bertz CT molecular complexity index is 787. The summed E-state index contributed by atoms with van der Waals surface area (Å²) in [7, 11) is 0. The van der Waals surface area contributed by atoms with E-state index in [0.29, 0.717) is 23.4 Å². The van der Waals surface area contributed by atoms with Crippen LogP contribution in [0.3, 0.4) is 0 Å². The summed E-state index contributed by atoms with van der Waals surface area (Å²) in [6.45, 7) is 1.83. The molecule has 0 spiro atoms. The number of aromatic nitrogens is 2. The van der Waals surface area contributed by atoms with Crippen LogP contribution in [0.1, 0.15) is 25.1 Å². The number of aromatic hydroxyl groups is 1. The van der Waals surface area contributed by atoms with E-state index in [-0.39, 0.29) is 11.7 Å². The Hall–Kier alpha value is -2.83. The van der Waals surface area contributed by atoms with Crippen LogP contribution in [0.4, 0.5) is 4.39 Å². The van der Waals surface area contributed by atoms with E-state index in [9.17, 15) is 9.50 Å². The van der Waals surface area contributed by atoms with E-state index in [1.165, 1.54) is 18.3 Å². The number of hydrogen-bond acceptors (Lipinski definition) is 6. The highest BCUT2D eigenvalue weighted by Crippen LogP contribution is 2.32. The molecule has 7 heteroatoms. The summed E-state index contributed by atoms with van der Waals surface area (Å²) in [4.78, 5) is 16.3. The summed E-state index contributed by atoms with van der Waals surface area (Å²) in [6, 6.07) is 4.13. The minimum atomic E-state index is -0.476. The Labute approximate surface area is 126 Å². The molecule has 1 aliphatic heterocycles. The van der Waals surface area contributed by atoms with Crippen LogP contribution >= 0.6 is 0 Å². The van der Waals surface area contributed by atoms with Gasteiger partial charge in [0.1, 0.15) is 17.5 Å². The van der Waals surface area contributed by atoms with Crippen molar-refractivity contribution in [1.29, 1.82) is 0 Å². The number of nitrogens with zero attached hydrogens (tertiary/aromatic N) is 4. The number of pyridine rings is 2. The summed E-state index contributed by atoms with van der Waals surface area (Å²) >= 11 is 0. The van der Waals surface area contributed by atoms with Crippen molar-refractivity contribution < 1.29 is 9.50 Å². The largest absolute Gasteiger partial charge is 0.506 e. The van der Waals surface area contributed by atoms with Crippen LogP contribution in [0.5, 0.6) is 5.75 Å². The van der Waals surface area contributed by atoms with Crippen LogP contribution in [-0.4, -0.2) is 26.7 Å². The fourth-order valence-corrected chi connectivity index (χ4v) is 2.36. The molecule has 0 radical (unpaired) electrons. The number of hydrogen-bond donors (Lipinski definition) is 2. The smallest absolute Gasteiger partial charge is 0.215 e. The first-order chi connectivity index (χ1) is 10.5. The Balaban J connectivity index is 2.05. The zero-order valence-electron chi connectivity index (χ0n) is 11.9. The Morgan fingerprint density at radius 2 is 2.14 bits per heavy atom. The highest BCUT2D eigenvalue weighted by molar-refractivity contribution is 5.97. The molecule has 3 heterocycles. The quantitative estimate of drug-likeness (QED) is 0.888. The minimum Gasteiger partial charge on any atom is -0.506 e. The van der Waals surface area contributed by atoms with Gasteiger partial charge < -0.3 is 10.8 Å². The van der Waals surface area contributed by atoms with Crippen LogP contribution < -0.4 is 5.73 Å². The average Bonchev–Trinajstić information content (AvgIpc) is 2.47. The first-order valence-electron chi connectivity index (χ1n) is 6.72. The molecule has 0 bridgehead atoms. The van der Waals surface area contributed by atoms with Crippen molar-refractivity contribution in [2.45, 2.75) is 19.4 Å². The van der Waals surface area contributed by atoms with Crippen molar-refractivity contribution in [3.8, 4) is 17.0 Å². The summed E-state index contributed by atoms with van der Waals surface area (Å²) in [5.74, 6) is -0.332. The number of aliphatic imine (C=N–C) groups is 2. The molecule has 0 aliphatic carbocycles. The van der Waals surface area contributed by atoms with Crippen LogP contribution in [0.2, 0.25) is 0 Å². The molecular formula is C15H14FN5O. The first-order valence-corrected chi connectivity index (χ1v) is 6.72. The maximum absolute atomic E-state index is 13.8. The van der Waals surface area contributed by atoms with Gasteiger partial charge in [-0.1, -0.05) is 0 Å². The second kappa shape index (κ2) is 5.51. The average molecular weight is 299 g/mol. The van der Waals surface area contributed by atoms with Gasteiger partial charge in [-0.05, 0) is 25.1 Å². The van der Waals surface area contributed by atoms with Crippen molar-refractivity contribution in [3.63, 3.8) is 0 Å². The van der Waals surface area contributed by atoms with Crippen LogP contribution in [-0.2, 0) is 0 Å². The van der Waals surface area contributed by atoms with E-state index < -0.39 is 11.9 Å². The van der Waals surface area contributed by atoms with Crippen molar-refractivity contribution in [2.75, 3.05) is 0 Å². The molecule has 0 fully saturated rings. The third-order valence-corrected chi connectivity index (χ3v) is 3.35. The predicted octanol–water partition coefficient (Wildman–Crippen LogP) is 2.21. The molecule has 1 atom stereocenters. The highest BCUT2D eigenvalue weighted by atomic mass is 19.1. The molecule has 0 saturated carbocycles. The lowest BCUT2D eigenvalue weighted by Gasteiger charge is -2.18. The molecule has 3 rings (SSSR count). The maximum atomic E-state index is 13.8. The van der Waals surface area contributed by atoms with E-state index in [1.807, 2.05) is 6.92 Å². The molecular weight excluding hydrogens is 285 g/mol. The van der Waals surface area contributed by atoms with Gasteiger partial charge in [0.2, 0.25) is 5.96 Å². The summed E-state index contributed by atoms with van der Waals surface area (Å²) in [5.41, 5.74) is 7.54. The first kappa shape index (κ1) is 14.1. The van der Waals surface area contributed by atoms with Gasteiger partial charge in [-0.3, -0.25) is 4.98 Å². The molecule has 0 amide bonds. The van der Waals surface area contributed by atoms with Gasteiger partial charge in [-0.2, -0.15) is 0 Å². The van der Waals surface area contributed by atoms with Gasteiger partial charge in [0.05, 0.1) is 11.9 Å². The third-order valence-electron chi connectivity index (χ3n) is 3.35. The van der Waals surface area contributed by atoms with Crippen molar-refractivity contribution in [2.24, 2.45) is 15.7 Å². The van der Waals surface area contributed by atoms with E-state index in [2.05, 4.69) is 20.0 Å². The lowest BCUT2D eigenvalue weighted by atomic mass is 10.0. The molecule has 3 N–H and O–H groups in total. The zero-order valence-corrected chi connectivity index (χ0v) is 11.9. The second-order valence-corrected chi connectivity index (χ2v) is 5.01. The summed E-state index contributed by atoms with van der Waals surface area (Å²) in [5, 5.41) is 10.1. The van der Waals surface area contributed by atoms with Gasteiger partial charge >= 0.3 is 0 Å². The Morgan fingerprint density at radius 3 is 2.86 bits per heavy atom. The van der Waals surface area contributed by atoms with Crippen LogP contribution in [0, 0.1) is 5.82 Å². The Kier molecular flexibility index (Phi) is 3.54. The molecule has 2 aromatic rings. The molecule has 2 aromatic heterocycles. The van der Waals surface area contributed by atoms with Crippen molar-refractivity contribution in [3.05, 3.63) is 42.1 Å². The number of guanidine groups is 1. The SMILES string of the molecule is CC1=NC(N)=NC(c2nc(-c3ccncc3F)ccc2O)C1. The van der Waals surface area contributed by atoms with Gasteiger partial charge in [-0.25, -0.2) is 19.4 Å². The van der Waals surface area contributed by atoms with Crippen molar-refractivity contribution in [1.82, 2.24) is 9.97 Å². The molecule has 22 heavy (non-hydrogen) atoms. The molecule has 0 saturated heterocycles. The highest BCUT2D eigenvalue weighted by Gasteiger charge is 2.22. The predicted molar refractivity (Wildman–Crippen MR) is 81.2 cm³/mol. The number of halogens is 1. The number of rotatable bonds is 2. The van der Waals surface area contributed by atoms with Crippen molar-refractivity contribution >= 4 is 11.7 Å². The topological polar surface area (TPSA) is 96.8 Å². The van der Waals surface area contributed by atoms with Crippen LogP contribution in [0.15, 0.2) is 40.6 Å². The normalized spacial score (nSPS) is 17.8. The zero-order chi connectivity index (χ0) is 15.7. The molecule has 6 nitrogen and oxygen atoms in total. The maximum Gasteiger partial charge on any atom is 0.215 e. The van der Waals surface area contributed by atoms with E-state index in [1.54, 1.807) is 6.07 Å². The van der Waals surface area contributed by atoms with Gasteiger partial charge in [0.15, 0.2) is 5.82 Å². The fraction of sp³-hybridized carbons (Fsp3) is 0.200. The summed E-state index contributed by atoms with van der Waals surface area (Å²) in [6.07, 6.45) is 3.11. The summed E-state index contributed by atoms with van der Waals surface area (Å²) < 4.78 is 13.8. The lowest BCUT2D eigenvalue weighted by molar-refractivity contribution is 0.457. The molecule has 1 aliphatic rings. The number of nitrogens with two attached hydrogens (primary N) is 1. The van der Waals surface area contributed by atoms with Crippen LogP contribution in [0.25, 0.3) is 11.3 Å². The second-order valence-electron chi connectivity index (χ2n) is 5.01. The molecule has 1 unspecified atom stereocenters. The Morgan fingerprint density at radius 1 is 1.32 bits per heavy atom. The molecule has 112 valence electrons. The third kappa shape index (κ3) is 2.65. The van der Waals surface area contributed by atoms with Gasteiger partial charge in [0.25, 0.3) is 0 Å². The van der Waals surface area contributed by atoms with E-state index >= 15 is 0 Å².